The lowest BCUT2D eigenvalue weighted by molar-refractivity contribution is 0.103. The molecule has 2 aliphatic rings. The van der Waals surface area contributed by atoms with Crippen LogP contribution in [0.5, 0.6) is 0 Å². The first-order valence-corrected chi connectivity index (χ1v) is 4.01. The van der Waals surface area contributed by atoms with Crippen LogP contribution in [-0.2, 0) is 4.74 Å². The molecule has 2 N–H and O–H groups in total. The van der Waals surface area contributed by atoms with Crippen molar-refractivity contribution in [3.8, 4) is 0 Å². The highest BCUT2D eigenvalue weighted by Gasteiger charge is 2.34. The van der Waals surface area contributed by atoms with Gasteiger partial charge in [0.15, 0.2) is 0 Å². The zero-order valence-corrected chi connectivity index (χ0v) is 6.66. The van der Waals surface area contributed by atoms with E-state index in [2.05, 4.69) is 25.2 Å². The van der Waals surface area contributed by atoms with E-state index < -0.39 is 0 Å². The molecule has 3 unspecified atom stereocenters. The van der Waals surface area contributed by atoms with Gasteiger partial charge in [-0.25, -0.2) is 0 Å². The maximum absolute atomic E-state index is 5.75. The average Bonchev–Trinajstić information content (AvgIpc) is 2.35. The Morgan fingerprint density at radius 2 is 2.45 bits per heavy atom. The number of fused-ring (bicyclic) bond motifs is 1. The molecule has 0 aromatic rings. The molecule has 2 heteroatoms. The van der Waals surface area contributed by atoms with E-state index >= 15 is 0 Å². The molecule has 0 amide bonds. The molecule has 3 atom stereocenters. The molecule has 2 rings (SSSR count). The Balaban J connectivity index is 2.24. The lowest BCUT2D eigenvalue weighted by atomic mass is 9.84. The quantitative estimate of drug-likeness (QED) is 0.561. The van der Waals surface area contributed by atoms with Gasteiger partial charge >= 0.3 is 0 Å². The maximum Gasteiger partial charge on any atom is 0.112 e. The molecule has 60 valence electrons. The van der Waals surface area contributed by atoms with E-state index in [4.69, 9.17) is 10.5 Å². The van der Waals surface area contributed by atoms with E-state index in [9.17, 15) is 0 Å². The molecule has 1 saturated heterocycles. The van der Waals surface area contributed by atoms with E-state index in [-0.39, 0.29) is 6.23 Å². The van der Waals surface area contributed by atoms with E-state index in [1.165, 1.54) is 5.57 Å². The lowest BCUT2D eigenvalue weighted by Gasteiger charge is -2.20. The Kier molecular flexibility index (Phi) is 1.59. The summed E-state index contributed by atoms with van der Waals surface area (Å²) in [6, 6.07) is 0. The first-order valence-electron chi connectivity index (χ1n) is 4.01. The maximum atomic E-state index is 5.75. The normalized spacial score (nSPS) is 42.0. The molecule has 0 aromatic carbocycles. The SMILES string of the molecule is CC1=CC=CC2C(N)OCC12. The minimum Gasteiger partial charge on any atom is -0.362 e. The lowest BCUT2D eigenvalue weighted by Crippen LogP contribution is -2.28. The van der Waals surface area contributed by atoms with Crippen molar-refractivity contribution in [1.29, 1.82) is 0 Å². The van der Waals surface area contributed by atoms with Crippen molar-refractivity contribution in [1.82, 2.24) is 0 Å². The summed E-state index contributed by atoms with van der Waals surface area (Å²) in [5, 5.41) is 0. The van der Waals surface area contributed by atoms with Gasteiger partial charge < -0.3 is 10.5 Å². The topological polar surface area (TPSA) is 35.2 Å². The van der Waals surface area contributed by atoms with Crippen molar-refractivity contribution >= 4 is 0 Å². The summed E-state index contributed by atoms with van der Waals surface area (Å²) in [5.74, 6) is 0.954. The molecule has 11 heavy (non-hydrogen) atoms. The molecule has 1 heterocycles. The molecular weight excluding hydrogens is 138 g/mol. The Labute approximate surface area is 66.7 Å². The van der Waals surface area contributed by atoms with Gasteiger partial charge in [-0.2, -0.15) is 0 Å². The van der Waals surface area contributed by atoms with Gasteiger partial charge in [0, 0.05) is 11.8 Å². The van der Waals surface area contributed by atoms with E-state index in [1.54, 1.807) is 0 Å². The summed E-state index contributed by atoms with van der Waals surface area (Å²) in [6.45, 7) is 2.93. The van der Waals surface area contributed by atoms with Gasteiger partial charge in [-0.05, 0) is 6.92 Å². The second-order valence-electron chi connectivity index (χ2n) is 3.28. The van der Waals surface area contributed by atoms with E-state index in [0.29, 0.717) is 11.8 Å². The van der Waals surface area contributed by atoms with Crippen LogP contribution in [0.4, 0.5) is 0 Å². The molecule has 0 radical (unpaired) electrons. The van der Waals surface area contributed by atoms with Crippen LogP contribution >= 0.6 is 0 Å². The summed E-state index contributed by atoms with van der Waals surface area (Å²) in [4.78, 5) is 0. The fourth-order valence-electron chi connectivity index (χ4n) is 1.80. The molecule has 1 aliphatic carbocycles. The summed E-state index contributed by atoms with van der Waals surface area (Å²) < 4.78 is 5.36. The second-order valence-corrected chi connectivity index (χ2v) is 3.28. The molecule has 0 aromatic heterocycles. The Morgan fingerprint density at radius 1 is 1.64 bits per heavy atom. The van der Waals surface area contributed by atoms with Gasteiger partial charge in [0.2, 0.25) is 0 Å². The second kappa shape index (κ2) is 2.47. The van der Waals surface area contributed by atoms with Crippen molar-refractivity contribution < 1.29 is 4.74 Å². The van der Waals surface area contributed by atoms with Gasteiger partial charge in [-0.3, -0.25) is 0 Å². The van der Waals surface area contributed by atoms with Crippen LogP contribution in [0.25, 0.3) is 0 Å². The number of ether oxygens (including phenoxy) is 1. The minimum absolute atomic E-state index is 0.0834. The number of allylic oxidation sites excluding steroid dienone is 2. The van der Waals surface area contributed by atoms with Crippen molar-refractivity contribution in [3.05, 3.63) is 23.8 Å². The van der Waals surface area contributed by atoms with Crippen LogP contribution in [0.15, 0.2) is 23.8 Å². The van der Waals surface area contributed by atoms with Crippen molar-refractivity contribution in [2.24, 2.45) is 17.6 Å². The smallest absolute Gasteiger partial charge is 0.112 e. The first kappa shape index (κ1) is 7.07. The minimum atomic E-state index is -0.0834. The number of nitrogens with two attached hydrogens (primary N) is 1. The van der Waals surface area contributed by atoms with E-state index in [1.807, 2.05) is 0 Å². The first-order chi connectivity index (χ1) is 5.29. The highest BCUT2D eigenvalue weighted by Crippen LogP contribution is 2.33. The summed E-state index contributed by atoms with van der Waals surface area (Å²) >= 11 is 0. The molecule has 2 nitrogen and oxygen atoms in total. The zero-order chi connectivity index (χ0) is 7.84. The Hall–Kier alpha value is -0.600. The number of rotatable bonds is 0. The van der Waals surface area contributed by atoms with E-state index in [0.717, 1.165) is 6.61 Å². The summed E-state index contributed by atoms with van der Waals surface area (Å²) in [6.07, 6.45) is 6.28. The van der Waals surface area contributed by atoms with Crippen molar-refractivity contribution in [3.63, 3.8) is 0 Å². The van der Waals surface area contributed by atoms with Gasteiger partial charge in [-0.15, -0.1) is 0 Å². The van der Waals surface area contributed by atoms with Crippen LogP contribution in [0.3, 0.4) is 0 Å². The summed E-state index contributed by atoms with van der Waals surface area (Å²) in [5.41, 5.74) is 7.14. The Bertz CT molecular complexity index is 220. The van der Waals surface area contributed by atoms with Crippen LogP contribution < -0.4 is 5.73 Å². The predicted octanol–water partition coefficient (Wildman–Crippen LogP) is 1.05. The molecule has 0 saturated carbocycles. The fourth-order valence-corrected chi connectivity index (χ4v) is 1.80. The summed E-state index contributed by atoms with van der Waals surface area (Å²) in [7, 11) is 0. The predicted molar refractivity (Wildman–Crippen MR) is 43.8 cm³/mol. The van der Waals surface area contributed by atoms with Crippen LogP contribution in [0.2, 0.25) is 0 Å². The van der Waals surface area contributed by atoms with Gasteiger partial charge in [0.1, 0.15) is 6.23 Å². The zero-order valence-electron chi connectivity index (χ0n) is 6.66. The monoisotopic (exact) mass is 151 g/mol. The highest BCUT2D eigenvalue weighted by molar-refractivity contribution is 5.23. The van der Waals surface area contributed by atoms with Crippen LogP contribution in [0.1, 0.15) is 6.92 Å². The van der Waals surface area contributed by atoms with Gasteiger partial charge in [0.05, 0.1) is 6.61 Å². The molecule has 1 aliphatic heterocycles. The van der Waals surface area contributed by atoms with Crippen molar-refractivity contribution in [2.45, 2.75) is 13.2 Å². The highest BCUT2D eigenvalue weighted by atomic mass is 16.5. The fraction of sp³-hybridized carbons (Fsp3) is 0.556. The van der Waals surface area contributed by atoms with Gasteiger partial charge in [-0.1, -0.05) is 23.8 Å². The third-order valence-electron chi connectivity index (χ3n) is 2.59. The number of hydrogen-bond donors (Lipinski definition) is 1. The average molecular weight is 151 g/mol. The van der Waals surface area contributed by atoms with Gasteiger partial charge in [0.25, 0.3) is 0 Å². The Morgan fingerprint density at radius 3 is 3.18 bits per heavy atom. The standard InChI is InChI=1S/C9H13NO/c1-6-3-2-4-7-8(6)5-11-9(7)10/h2-4,7-9H,5,10H2,1H3. The molecule has 0 bridgehead atoms. The number of hydrogen-bond acceptors (Lipinski definition) is 2. The molecular formula is C9H13NO. The van der Waals surface area contributed by atoms with Crippen LogP contribution in [0, 0.1) is 11.8 Å². The molecule has 1 fully saturated rings. The van der Waals surface area contributed by atoms with Crippen LogP contribution in [-0.4, -0.2) is 12.8 Å². The van der Waals surface area contributed by atoms with Crippen molar-refractivity contribution in [2.75, 3.05) is 6.61 Å². The molecule has 0 spiro atoms. The third-order valence-corrected chi connectivity index (χ3v) is 2.59. The largest absolute Gasteiger partial charge is 0.362 e. The third kappa shape index (κ3) is 1.03.